The number of hydrogen-bond donors (Lipinski definition) is 1. The molecule has 0 aliphatic rings. The summed E-state index contributed by atoms with van der Waals surface area (Å²) < 4.78 is 20.8. The zero-order valence-corrected chi connectivity index (χ0v) is 15.2. The third kappa shape index (κ3) is 4.17. The standard InChI is InChI=1S/C19H19N3O5/c1-24-14-6-4-5-13(9-14)19(23)20-11-17-21-18(22-27-17)12-7-8-15(25-2)16(10-12)26-3/h4-10H,11H2,1-3H3,(H,20,23). The van der Waals surface area contributed by atoms with Crippen LogP contribution in [-0.4, -0.2) is 37.4 Å². The number of nitrogens with one attached hydrogen (secondary N) is 1. The zero-order chi connectivity index (χ0) is 19.2. The normalized spacial score (nSPS) is 10.3. The van der Waals surface area contributed by atoms with Gasteiger partial charge in [0, 0.05) is 11.1 Å². The Hall–Kier alpha value is -3.55. The number of nitrogens with zero attached hydrogens (tertiary/aromatic N) is 2. The first kappa shape index (κ1) is 18.2. The molecule has 0 spiro atoms. The molecule has 0 unspecified atom stereocenters. The van der Waals surface area contributed by atoms with Gasteiger partial charge in [-0.3, -0.25) is 4.79 Å². The van der Waals surface area contributed by atoms with Crippen LogP contribution in [0.2, 0.25) is 0 Å². The second-order valence-electron chi connectivity index (χ2n) is 5.50. The van der Waals surface area contributed by atoms with Crippen LogP contribution in [-0.2, 0) is 6.54 Å². The van der Waals surface area contributed by atoms with E-state index >= 15 is 0 Å². The lowest BCUT2D eigenvalue weighted by molar-refractivity contribution is 0.0946. The largest absolute Gasteiger partial charge is 0.497 e. The molecule has 1 aromatic heterocycles. The molecule has 1 N–H and O–H groups in total. The Morgan fingerprint density at radius 1 is 1.04 bits per heavy atom. The number of aromatic nitrogens is 2. The van der Waals surface area contributed by atoms with Crippen molar-refractivity contribution in [2.45, 2.75) is 6.54 Å². The molecule has 0 radical (unpaired) electrons. The summed E-state index contributed by atoms with van der Waals surface area (Å²) in [5.41, 5.74) is 1.19. The Morgan fingerprint density at radius 3 is 2.59 bits per heavy atom. The first-order chi connectivity index (χ1) is 13.1. The number of methoxy groups -OCH3 is 3. The smallest absolute Gasteiger partial charge is 0.251 e. The second-order valence-corrected chi connectivity index (χ2v) is 5.50. The van der Waals surface area contributed by atoms with Crippen molar-refractivity contribution < 1.29 is 23.5 Å². The summed E-state index contributed by atoms with van der Waals surface area (Å²) in [7, 11) is 4.66. The lowest BCUT2D eigenvalue weighted by Crippen LogP contribution is -2.22. The molecular formula is C19H19N3O5. The molecule has 0 saturated carbocycles. The van der Waals surface area contributed by atoms with Crippen molar-refractivity contribution in [2.75, 3.05) is 21.3 Å². The van der Waals surface area contributed by atoms with Crippen LogP contribution in [0.15, 0.2) is 47.0 Å². The molecule has 0 bridgehead atoms. The number of amides is 1. The van der Waals surface area contributed by atoms with Crippen LogP contribution in [0.5, 0.6) is 17.2 Å². The van der Waals surface area contributed by atoms with Gasteiger partial charge in [-0.05, 0) is 36.4 Å². The predicted molar refractivity (Wildman–Crippen MR) is 97.0 cm³/mol. The van der Waals surface area contributed by atoms with E-state index in [1.54, 1.807) is 63.8 Å². The molecule has 2 aromatic carbocycles. The summed E-state index contributed by atoms with van der Waals surface area (Å²) in [6.45, 7) is 0.107. The van der Waals surface area contributed by atoms with Crippen molar-refractivity contribution >= 4 is 5.91 Å². The van der Waals surface area contributed by atoms with Crippen LogP contribution in [0.3, 0.4) is 0 Å². The first-order valence-electron chi connectivity index (χ1n) is 8.12. The van der Waals surface area contributed by atoms with Crippen molar-refractivity contribution in [2.24, 2.45) is 0 Å². The molecule has 27 heavy (non-hydrogen) atoms. The van der Waals surface area contributed by atoms with Gasteiger partial charge in [-0.15, -0.1) is 0 Å². The molecule has 3 rings (SSSR count). The third-order valence-corrected chi connectivity index (χ3v) is 3.84. The van der Waals surface area contributed by atoms with Crippen molar-refractivity contribution in [3.05, 3.63) is 53.9 Å². The molecule has 1 heterocycles. The summed E-state index contributed by atoms with van der Waals surface area (Å²) in [6.07, 6.45) is 0. The van der Waals surface area contributed by atoms with E-state index in [-0.39, 0.29) is 18.3 Å². The lowest BCUT2D eigenvalue weighted by atomic mass is 10.2. The van der Waals surface area contributed by atoms with Gasteiger partial charge >= 0.3 is 0 Å². The number of carbonyl (C=O) groups excluding carboxylic acids is 1. The van der Waals surface area contributed by atoms with E-state index in [9.17, 15) is 4.79 Å². The third-order valence-electron chi connectivity index (χ3n) is 3.84. The summed E-state index contributed by atoms with van der Waals surface area (Å²) >= 11 is 0. The number of carbonyl (C=O) groups is 1. The Morgan fingerprint density at radius 2 is 1.85 bits per heavy atom. The van der Waals surface area contributed by atoms with Crippen molar-refractivity contribution in [1.29, 1.82) is 0 Å². The Bertz CT molecular complexity index is 939. The number of rotatable bonds is 7. The SMILES string of the molecule is COc1cccc(C(=O)NCc2nc(-c3ccc(OC)c(OC)c3)no2)c1. The van der Waals surface area contributed by atoms with Gasteiger partial charge in [0.05, 0.1) is 27.9 Å². The fraction of sp³-hybridized carbons (Fsp3) is 0.211. The minimum atomic E-state index is -0.264. The van der Waals surface area contributed by atoms with Crippen molar-refractivity contribution in [3.8, 4) is 28.6 Å². The quantitative estimate of drug-likeness (QED) is 0.684. The maximum Gasteiger partial charge on any atom is 0.251 e. The minimum Gasteiger partial charge on any atom is -0.497 e. The predicted octanol–water partition coefficient (Wildman–Crippen LogP) is 2.69. The molecule has 3 aromatic rings. The summed E-state index contributed by atoms with van der Waals surface area (Å²) in [5.74, 6) is 2.19. The van der Waals surface area contributed by atoms with E-state index in [4.69, 9.17) is 18.7 Å². The van der Waals surface area contributed by atoms with Gasteiger partial charge in [0.1, 0.15) is 5.75 Å². The summed E-state index contributed by atoms with van der Waals surface area (Å²) in [6, 6.07) is 12.2. The fourth-order valence-electron chi connectivity index (χ4n) is 2.44. The van der Waals surface area contributed by atoms with E-state index in [0.29, 0.717) is 34.2 Å². The highest BCUT2D eigenvalue weighted by Gasteiger charge is 2.13. The van der Waals surface area contributed by atoms with E-state index in [0.717, 1.165) is 0 Å². The van der Waals surface area contributed by atoms with Crippen LogP contribution in [0.1, 0.15) is 16.2 Å². The summed E-state index contributed by atoms with van der Waals surface area (Å²) in [5, 5.41) is 6.68. The van der Waals surface area contributed by atoms with Gasteiger partial charge in [0.2, 0.25) is 11.7 Å². The Balaban J connectivity index is 1.68. The molecule has 0 atom stereocenters. The Labute approximate surface area is 156 Å². The van der Waals surface area contributed by atoms with E-state index in [1.807, 2.05) is 0 Å². The van der Waals surface area contributed by atoms with Gasteiger partial charge in [0.25, 0.3) is 5.91 Å². The monoisotopic (exact) mass is 369 g/mol. The first-order valence-corrected chi connectivity index (χ1v) is 8.12. The number of ether oxygens (including phenoxy) is 3. The average molecular weight is 369 g/mol. The molecule has 8 nitrogen and oxygen atoms in total. The average Bonchev–Trinajstić information content (AvgIpc) is 3.20. The number of benzene rings is 2. The maximum absolute atomic E-state index is 12.2. The zero-order valence-electron chi connectivity index (χ0n) is 15.2. The van der Waals surface area contributed by atoms with Gasteiger partial charge in [-0.1, -0.05) is 11.2 Å². The molecule has 0 aliphatic carbocycles. The van der Waals surface area contributed by atoms with Gasteiger partial charge in [0.15, 0.2) is 11.5 Å². The van der Waals surface area contributed by atoms with E-state index < -0.39 is 0 Å². The van der Waals surface area contributed by atoms with Crippen LogP contribution in [0.4, 0.5) is 0 Å². The van der Waals surface area contributed by atoms with Crippen LogP contribution in [0.25, 0.3) is 11.4 Å². The molecule has 1 amide bonds. The molecule has 140 valence electrons. The van der Waals surface area contributed by atoms with E-state index in [2.05, 4.69) is 15.5 Å². The molecule has 8 heteroatoms. The molecular weight excluding hydrogens is 350 g/mol. The second kappa shape index (κ2) is 8.22. The molecule has 0 saturated heterocycles. The van der Waals surface area contributed by atoms with Crippen molar-refractivity contribution in [3.63, 3.8) is 0 Å². The van der Waals surface area contributed by atoms with Gasteiger partial charge in [-0.25, -0.2) is 0 Å². The highest BCUT2D eigenvalue weighted by molar-refractivity contribution is 5.94. The number of hydrogen-bond acceptors (Lipinski definition) is 7. The van der Waals surface area contributed by atoms with Crippen molar-refractivity contribution in [1.82, 2.24) is 15.5 Å². The minimum absolute atomic E-state index is 0.107. The lowest BCUT2D eigenvalue weighted by Gasteiger charge is -2.07. The highest BCUT2D eigenvalue weighted by atomic mass is 16.5. The summed E-state index contributed by atoms with van der Waals surface area (Å²) in [4.78, 5) is 16.5. The Kier molecular flexibility index (Phi) is 5.55. The van der Waals surface area contributed by atoms with E-state index in [1.165, 1.54) is 0 Å². The highest BCUT2D eigenvalue weighted by Crippen LogP contribution is 2.31. The van der Waals surface area contributed by atoms with Crippen LogP contribution in [0, 0.1) is 0 Å². The van der Waals surface area contributed by atoms with Gasteiger partial charge < -0.3 is 24.1 Å². The van der Waals surface area contributed by atoms with Gasteiger partial charge in [-0.2, -0.15) is 4.98 Å². The molecule has 0 aliphatic heterocycles. The van der Waals surface area contributed by atoms with Crippen LogP contribution >= 0.6 is 0 Å². The fourth-order valence-corrected chi connectivity index (χ4v) is 2.44. The van der Waals surface area contributed by atoms with Crippen LogP contribution < -0.4 is 19.5 Å². The topological polar surface area (TPSA) is 95.7 Å². The molecule has 0 fully saturated rings. The maximum atomic E-state index is 12.2.